The van der Waals surface area contributed by atoms with Crippen molar-refractivity contribution in [2.75, 3.05) is 16.3 Å². The van der Waals surface area contributed by atoms with Gasteiger partial charge in [0.15, 0.2) is 0 Å². The summed E-state index contributed by atoms with van der Waals surface area (Å²) >= 11 is 0. The molecule has 144 valence electrons. The first-order valence-corrected chi connectivity index (χ1v) is 10.4. The van der Waals surface area contributed by atoms with Gasteiger partial charge in [0.1, 0.15) is 0 Å². The highest BCUT2D eigenvalue weighted by Gasteiger charge is 2.15. The Kier molecular flexibility index (Phi) is 6.57. The fourth-order valence-electron chi connectivity index (χ4n) is 2.29. The van der Waals surface area contributed by atoms with Crippen LogP contribution in [-0.4, -0.2) is 32.5 Å². The number of anilines is 2. The van der Waals surface area contributed by atoms with Crippen LogP contribution in [0.5, 0.6) is 0 Å². The molecule has 7 nitrogen and oxygen atoms in total. The minimum absolute atomic E-state index is 0.0242. The molecule has 27 heavy (non-hydrogen) atoms. The monoisotopic (exact) mass is 389 g/mol. The smallest absolute Gasteiger partial charge is 0.255 e. The van der Waals surface area contributed by atoms with Crippen molar-refractivity contribution in [3.05, 3.63) is 59.7 Å². The first-order valence-electron chi connectivity index (χ1n) is 8.48. The second-order valence-corrected chi connectivity index (χ2v) is 7.98. The first-order chi connectivity index (χ1) is 12.7. The highest BCUT2D eigenvalue weighted by molar-refractivity contribution is 7.92. The maximum Gasteiger partial charge on any atom is 0.255 e. The molecule has 0 saturated carbocycles. The zero-order chi connectivity index (χ0) is 20.0. The fourth-order valence-corrected chi connectivity index (χ4v) is 2.86. The van der Waals surface area contributed by atoms with Crippen molar-refractivity contribution in [2.45, 2.75) is 26.3 Å². The molecule has 3 N–H and O–H groups in total. The maximum atomic E-state index is 12.5. The molecular weight excluding hydrogens is 366 g/mol. The number of carbonyl (C=O) groups excluding carboxylic acids is 2. The lowest BCUT2D eigenvalue weighted by atomic mass is 10.1. The Hall–Kier alpha value is -2.87. The zero-order valence-corrected chi connectivity index (χ0v) is 16.3. The highest BCUT2D eigenvalue weighted by atomic mass is 32.2. The van der Waals surface area contributed by atoms with Gasteiger partial charge in [0.25, 0.3) is 11.8 Å². The number of para-hydroxylation sites is 1. The lowest BCUT2D eigenvalue weighted by Gasteiger charge is -2.14. The van der Waals surface area contributed by atoms with E-state index in [1.54, 1.807) is 24.3 Å². The van der Waals surface area contributed by atoms with Gasteiger partial charge >= 0.3 is 0 Å². The van der Waals surface area contributed by atoms with E-state index in [2.05, 4.69) is 15.4 Å². The lowest BCUT2D eigenvalue weighted by molar-refractivity contribution is 0.0940. The van der Waals surface area contributed by atoms with Crippen LogP contribution in [0.15, 0.2) is 48.5 Å². The largest absolute Gasteiger partial charge is 0.350 e. The van der Waals surface area contributed by atoms with Crippen LogP contribution in [0, 0.1) is 0 Å². The average molecular weight is 389 g/mol. The van der Waals surface area contributed by atoms with E-state index in [1.165, 1.54) is 24.3 Å². The molecule has 0 radical (unpaired) electrons. The third kappa shape index (κ3) is 6.10. The summed E-state index contributed by atoms with van der Waals surface area (Å²) in [6.45, 7) is 3.88. The molecule has 0 heterocycles. The van der Waals surface area contributed by atoms with Crippen LogP contribution in [0.3, 0.4) is 0 Å². The Bertz CT molecular complexity index is 924. The topological polar surface area (TPSA) is 104 Å². The quantitative estimate of drug-likeness (QED) is 0.677. The zero-order valence-electron chi connectivity index (χ0n) is 15.4. The number of benzene rings is 2. The number of rotatable bonds is 7. The van der Waals surface area contributed by atoms with E-state index in [4.69, 9.17) is 0 Å². The van der Waals surface area contributed by atoms with Gasteiger partial charge in [0.05, 0.1) is 17.5 Å². The number of carbonyl (C=O) groups is 2. The van der Waals surface area contributed by atoms with Crippen LogP contribution < -0.4 is 15.4 Å². The van der Waals surface area contributed by atoms with Gasteiger partial charge < -0.3 is 10.6 Å². The van der Waals surface area contributed by atoms with Crippen molar-refractivity contribution in [3.63, 3.8) is 0 Å². The third-order valence-corrected chi connectivity index (χ3v) is 4.47. The summed E-state index contributed by atoms with van der Waals surface area (Å²) < 4.78 is 24.8. The van der Waals surface area contributed by atoms with Gasteiger partial charge in [-0.3, -0.25) is 14.3 Å². The van der Waals surface area contributed by atoms with Crippen LogP contribution in [0.4, 0.5) is 11.4 Å². The Balaban J connectivity index is 2.15. The predicted octanol–water partition coefficient (Wildman–Crippen LogP) is 2.84. The minimum atomic E-state index is -3.38. The normalized spacial score (nSPS) is 12.1. The van der Waals surface area contributed by atoms with Crippen molar-refractivity contribution < 1.29 is 18.0 Å². The molecule has 2 aromatic carbocycles. The molecule has 1 unspecified atom stereocenters. The molecule has 0 fully saturated rings. The van der Waals surface area contributed by atoms with E-state index in [1.807, 2.05) is 13.8 Å². The summed E-state index contributed by atoms with van der Waals surface area (Å²) in [4.78, 5) is 24.9. The molecule has 2 amide bonds. The highest BCUT2D eigenvalue weighted by Crippen LogP contribution is 2.18. The first kappa shape index (κ1) is 20.4. The lowest BCUT2D eigenvalue weighted by Crippen LogP contribution is -2.32. The standard InChI is InChI=1S/C19H23N3O4S/c1-4-13(2)20-19(24)16-7-5-6-8-17(16)21-18(23)14-9-11-15(12-10-14)22-27(3,25)26/h5-13,22H,4H2,1-3H3,(H,20,24)(H,21,23). The van der Waals surface area contributed by atoms with Crippen LogP contribution in [0.2, 0.25) is 0 Å². The van der Waals surface area contributed by atoms with Gasteiger partial charge in [-0.1, -0.05) is 19.1 Å². The van der Waals surface area contributed by atoms with Gasteiger partial charge in [0.2, 0.25) is 10.0 Å². The number of nitrogens with one attached hydrogen (secondary N) is 3. The molecular formula is C19H23N3O4S. The molecule has 0 spiro atoms. The molecule has 2 aromatic rings. The van der Waals surface area contributed by atoms with Crippen LogP contribution in [0.1, 0.15) is 41.0 Å². The number of hydrogen-bond acceptors (Lipinski definition) is 4. The van der Waals surface area contributed by atoms with Crippen molar-refractivity contribution in [3.8, 4) is 0 Å². The number of hydrogen-bond donors (Lipinski definition) is 3. The fraction of sp³-hybridized carbons (Fsp3) is 0.263. The molecule has 0 aliphatic carbocycles. The second-order valence-electron chi connectivity index (χ2n) is 6.23. The van der Waals surface area contributed by atoms with Gasteiger partial charge in [-0.2, -0.15) is 0 Å². The van der Waals surface area contributed by atoms with Gasteiger partial charge in [-0.05, 0) is 49.7 Å². The van der Waals surface area contributed by atoms with Crippen LogP contribution in [-0.2, 0) is 10.0 Å². The molecule has 1 atom stereocenters. The number of amides is 2. The van der Waals surface area contributed by atoms with E-state index in [0.29, 0.717) is 22.5 Å². The summed E-state index contributed by atoms with van der Waals surface area (Å²) in [5, 5.41) is 5.60. The Morgan fingerprint density at radius 1 is 1.00 bits per heavy atom. The maximum absolute atomic E-state index is 12.5. The summed E-state index contributed by atoms with van der Waals surface area (Å²) in [5.74, 6) is -0.655. The van der Waals surface area contributed by atoms with Crippen LogP contribution in [0.25, 0.3) is 0 Å². The van der Waals surface area contributed by atoms with Gasteiger partial charge in [0, 0.05) is 17.3 Å². The summed E-state index contributed by atoms with van der Waals surface area (Å²) in [7, 11) is -3.38. The minimum Gasteiger partial charge on any atom is -0.350 e. The molecule has 0 saturated heterocycles. The van der Waals surface area contributed by atoms with Crippen molar-refractivity contribution in [1.29, 1.82) is 0 Å². The van der Waals surface area contributed by atoms with Crippen molar-refractivity contribution in [2.24, 2.45) is 0 Å². The SMILES string of the molecule is CCC(C)NC(=O)c1ccccc1NC(=O)c1ccc(NS(C)(=O)=O)cc1. The molecule has 0 aliphatic heterocycles. The third-order valence-electron chi connectivity index (χ3n) is 3.86. The van der Waals surface area contributed by atoms with E-state index in [0.717, 1.165) is 12.7 Å². The number of sulfonamides is 1. The molecule has 0 aromatic heterocycles. The van der Waals surface area contributed by atoms with Gasteiger partial charge in [-0.15, -0.1) is 0 Å². The predicted molar refractivity (Wildman–Crippen MR) is 107 cm³/mol. The van der Waals surface area contributed by atoms with Gasteiger partial charge in [-0.25, -0.2) is 8.42 Å². The van der Waals surface area contributed by atoms with E-state index >= 15 is 0 Å². The Morgan fingerprint density at radius 2 is 1.63 bits per heavy atom. The van der Waals surface area contributed by atoms with E-state index < -0.39 is 15.9 Å². The molecule has 0 bridgehead atoms. The van der Waals surface area contributed by atoms with E-state index in [-0.39, 0.29) is 11.9 Å². The van der Waals surface area contributed by atoms with Crippen molar-refractivity contribution in [1.82, 2.24) is 5.32 Å². The van der Waals surface area contributed by atoms with E-state index in [9.17, 15) is 18.0 Å². The molecule has 0 aliphatic rings. The average Bonchev–Trinajstić information content (AvgIpc) is 2.61. The summed E-state index contributed by atoms with van der Waals surface area (Å²) in [6, 6.07) is 12.8. The molecule has 2 rings (SSSR count). The van der Waals surface area contributed by atoms with Crippen molar-refractivity contribution >= 4 is 33.2 Å². The van der Waals surface area contributed by atoms with Crippen LogP contribution >= 0.6 is 0 Å². The Morgan fingerprint density at radius 3 is 2.22 bits per heavy atom. The Labute approximate surface area is 159 Å². The molecule has 8 heteroatoms. The summed E-state index contributed by atoms with van der Waals surface area (Å²) in [5.41, 5.74) is 1.48. The second kappa shape index (κ2) is 8.68. The summed E-state index contributed by atoms with van der Waals surface area (Å²) in [6.07, 6.45) is 1.85.